The van der Waals surface area contributed by atoms with Gasteiger partial charge in [0.1, 0.15) is 5.82 Å². The second-order valence-electron chi connectivity index (χ2n) is 5.22. The Morgan fingerprint density at radius 1 is 1.56 bits per heavy atom. The molecule has 3 nitrogen and oxygen atoms in total. The number of benzene rings is 1. The molecule has 4 heteroatoms. The molecule has 2 atom stereocenters. The van der Waals surface area contributed by atoms with Gasteiger partial charge in [0.15, 0.2) is 0 Å². The molecule has 0 bridgehead atoms. The fourth-order valence-electron chi connectivity index (χ4n) is 2.33. The third-order valence-corrected chi connectivity index (χ3v) is 3.46. The number of carboxylic acids is 1. The molecule has 0 radical (unpaired) electrons. The van der Waals surface area contributed by atoms with Crippen molar-refractivity contribution in [2.24, 2.45) is 11.8 Å². The number of carboxylic acid groups (broad SMARTS) is 1. The lowest BCUT2D eigenvalue weighted by molar-refractivity contribution is -0.138. The van der Waals surface area contributed by atoms with E-state index < -0.39 is 5.97 Å². The van der Waals surface area contributed by atoms with Crippen LogP contribution in [0.3, 0.4) is 0 Å². The van der Waals surface area contributed by atoms with Crippen molar-refractivity contribution in [1.82, 2.24) is 4.90 Å². The molecule has 1 aromatic rings. The number of aliphatic carboxylic acids is 1. The van der Waals surface area contributed by atoms with Crippen molar-refractivity contribution in [3.63, 3.8) is 0 Å². The highest BCUT2D eigenvalue weighted by molar-refractivity contribution is 5.73. The summed E-state index contributed by atoms with van der Waals surface area (Å²) in [6.07, 6.45) is 0.780. The maximum atomic E-state index is 13.1. The second kappa shape index (κ2) is 5.06. The van der Waals surface area contributed by atoms with Crippen LogP contribution in [0.4, 0.5) is 4.39 Å². The molecule has 0 saturated heterocycles. The van der Waals surface area contributed by atoms with Crippen LogP contribution in [-0.4, -0.2) is 29.6 Å². The molecule has 1 aromatic carbocycles. The Kier molecular flexibility index (Phi) is 3.66. The lowest BCUT2D eigenvalue weighted by atomic mass is 10.1. The minimum absolute atomic E-state index is 0.164. The molecule has 2 unspecified atom stereocenters. The van der Waals surface area contributed by atoms with Gasteiger partial charge < -0.3 is 10.0 Å². The zero-order valence-electron chi connectivity index (χ0n) is 10.7. The predicted octanol–water partition coefficient (Wildman–Crippen LogP) is 2.29. The van der Waals surface area contributed by atoms with Gasteiger partial charge in [0.2, 0.25) is 0 Å². The quantitative estimate of drug-likeness (QED) is 0.872. The van der Waals surface area contributed by atoms with E-state index in [0.29, 0.717) is 5.56 Å². The minimum Gasteiger partial charge on any atom is -0.481 e. The Morgan fingerprint density at radius 3 is 2.83 bits per heavy atom. The summed E-state index contributed by atoms with van der Waals surface area (Å²) in [5, 5.41) is 8.83. The van der Waals surface area contributed by atoms with Crippen molar-refractivity contribution in [3.8, 4) is 0 Å². The Hall–Kier alpha value is -1.42. The first kappa shape index (κ1) is 13.0. The molecular weight excluding hydrogens is 233 g/mol. The number of carbonyl (C=O) groups is 1. The van der Waals surface area contributed by atoms with Gasteiger partial charge >= 0.3 is 5.97 Å². The molecule has 18 heavy (non-hydrogen) atoms. The number of aryl methyl sites for hydroxylation is 1. The number of nitrogens with zero attached hydrogens (tertiary/aromatic N) is 1. The van der Waals surface area contributed by atoms with Gasteiger partial charge in [0.25, 0.3) is 0 Å². The van der Waals surface area contributed by atoms with E-state index in [1.165, 1.54) is 6.07 Å². The lowest BCUT2D eigenvalue weighted by Crippen LogP contribution is -2.21. The van der Waals surface area contributed by atoms with E-state index in [1.54, 1.807) is 13.0 Å². The standard InChI is InChI=1S/C14H18FNO2/c1-9-5-10(3-4-13(9)15)7-16(2)8-11-6-12(11)14(17)18/h3-5,11-12H,6-8H2,1-2H3,(H,17,18). The van der Waals surface area contributed by atoms with Crippen molar-refractivity contribution in [2.75, 3.05) is 13.6 Å². The Morgan fingerprint density at radius 2 is 2.28 bits per heavy atom. The Balaban J connectivity index is 1.86. The van der Waals surface area contributed by atoms with E-state index in [-0.39, 0.29) is 17.7 Å². The van der Waals surface area contributed by atoms with E-state index in [1.807, 2.05) is 13.1 Å². The van der Waals surface area contributed by atoms with Crippen LogP contribution in [0, 0.1) is 24.6 Å². The van der Waals surface area contributed by atoms with Crippen molar-refractivity contribution >= 4 is 5.97 Å². The minimum atomic E-state index is -0.689. The summed E-state index contributed by atoms with van der Waals surface area (Å²) < 4.78 is 13.1. The lowest BCUT2D eigenvalue weighted by Gasteiger charge is -2.16. The van der Waals surface area contributed by atoms with Gasteiger partial charge in [-0.3, -0.25) is 4.79 Å². The van der Waals surface area contributed by atoms with Gasteiger partial charge in [-0.2, -0.15) is 0 Å². The van der Waals surface area contributed by atoms with Crippen LogP contribution in [0.2, 0.25) is 0 Å². The van der Waals surface area contributed by atoms with Crippen molar-refractivity contribution < 1.29 is 14.3 Å². The summed E-state index contributed by atoms with van der Waals surface area (Å²) >= 11 is 0. The maximum Gasteiger partial charge on any atom is 0.306 e. The summed E-state index contributed by atoms with van der Waals surface area (Å²) in [5.74, 6) is -0.767. The molecule has 0 heterocycles. The van der Waals surface area contributed by atoms with Gasteiger partial charge in [-0.05, 0) is 43.5 Å². The van der Waals surface area contributed by atoms with E-state index >= 15 is 0 Å². The average Bonchev–Trinajstić information content (AvgIpc) is 3.03. The second-order valence-corrected chi connectivity index (χ2v) is 5.22. The highest BCUT2D eigenvalue weighted by Crippen LogP contribution is 2.39. The van der Waals surface area contributed by atoms with Crippen LogP contribution in [0.5, 0.6) is 0 Å². The first-order valence-corrected chi connectivity index (χ1v) is 6.13. The van der Waals surface area contributed by atoms with Crippen molar-refractivity contribution in [2.45, 2.75) is 19.9 Å². The molecule has 2 rings (SSSR count). The molecule has 1 saturated carbocycles. The van der Waals surface area contributed by atoms with Gasteiger partial charge in [0, 0.05) is 13.1 Å². The summed E-state index contributed by atoms with van der Waals surface area (Å²) in [4.78, 5) is 12.8. The van der Waals surface area contributed by atoms with Crippen LogP contribution < -0.4 is 0 Å². The molecular formula is C14H18FNO2. The predicted molar refractivity (Wildman–Crippen MR) is 66.7 cm³/mol. The number of halogens is 1. The van der Waals surface area contributed by atoms with Crippen LogP contribution in [-0.2, 0) is 11.3 Å². The van der Waals surface area contributed by atoms with Crippen LogP contribution >= 0.6 is 0 Å². The van der Waals surface area contributed by atoms with Gasteiger partial charge in [-0.15, -0.1) is 0 Å². The number of hydrogen-bond donors (Lipinski definition) is 1. The maximum absolute atomic E-state index is 13.1. The van der Waals surface area contributed by atoms with Crippen LogP contribution in [0.15, 0.2) is 18.2 Å². The topological polar surface area (TPSA) is 40.5 Å². The number of rotatable bonds is 5. The van der Waals surface area contributed by atoms with Crippen molar-refractivity contribution in [1.29, 1.82) is 0 Å². The molecule has 98 valence electrons. The average molecular weight is 251 g/mol. The normalized spacial score (nSPS) is 22.2. The van der Waals surface area contributed by atoms with E-state index in [9.17, 15) is 9.18 Å². The highest BCUT2D eigenvalue weighted by atomic mass is 19.1. The highest BCUT2D eigenvalue weighted by Gasteiger charge is 2.43. The summed E-state index contributed by atoms with van der Waals surface area (Å²) in [6.45, 7) is 3.26. The number of hydrogen-bond acceptors (Lipinski definition) is 2. The molecule has 1 aliphatic rings. The Labute approximate surface area is 106 Å². The molecule has 1 aliphatic carbocycles. The largest absolute Gasteiger partial charge is 0.481 e. The van der Waals surface area contributed by atoms with Crippen LogP contribution in [0.1, 0.15) is 17.5 Å². The fraction of sp³-hybridized carbons (Fsp3) is 0.500. The van der Waals surface area contributed by atoms with E-state index in [2.05, 4.69) is 4.90 Å². The van der Waals surface area contributed by atoms with E-state index in [4.69, 9.17) is 5.11 Å². The van der Waals surface area contributed by atoms with Gasteiger partial charge in [0.05, 0.1) is 5.92 Å². The molecule has 0 aliphatic heterocycles. The summed E-state index contributed by atoms with van der Waals surface area (Å²) in [6, 6.07) is 5.10. The SMILES string of the molecule is Cc1cc(CN(C)CC2CC2C(=O)O)ccc1F. The monoisotopic (exact) mass is 251 g/mol. The molecule has 0 spiro atoms. The van der Waals surface area contributed by atoms with E-state index in [0.717, 1.165) is 25.1 Å². The van der Waals surface area contributed by atoms with Gasteiger partial charge in [-0.1, -0.05) is 12.1 Å². The molecule has 1 N–H and O–H groups in total. The first-order valence-electron chi connectivity index (χ1n) is 6.13. The Bertz CT molecular complexity index is 461. The first-order chi connectivity index (χ1) is 8.47. The summed E-state index contributed by atoms with van der Waals surface area (Å²) in [7, 11) is 1.97. The zero-order chi connectivity index (χ0) is 13.3. The fourth-order valence-corrected chi connectivity index (χ4v) is 2.33. The van der Waals surface area contributed by atoms with Crippen molar-refractivity contribution in [3.05, 3.63) is 35.1 Å². The molecule has 1 fully saturated rings. The van der Waals surface area contributed by atoms with Gasteiger partial charge in [-0.25, -0.2) is 4.39 Å². The molecule has 0 amide bonds. The zero-order valence-corrected chi connectivity index (χ0v) is 10.7. The van der Waals surface area contributed by atoms with Crippen LogP contribution in [0.25, 0.3) is 0 Å². The molecule has 0 aromatic heterocycles. The third-order valence-electron chi connectivity index (χ3n) is 3.46. The summed E-state index contributed by atoms with van der Waals surface area (Å²) in [5.41, 5.74) is 1.71. The third kappa shape index (κ3) is 3.07. The smallest absolute Gasteiger partial charge is 0.306 e.